The van der Waals surface area contributed by atoms with Crippen molar-refractivity contribution in [2.45, 2.75) is 37.0 Å². The van der Waals surface area contributed by atoms with Crippen LogP contribution in [0.2, 0.25) is 0 Å². The number of esters is 1. The van der Waals surface area contributed by atoms with Crippen molar-refractivity contribution in [3.05, 3.63) is 77.4 Å². The molecule has 0 amide bonds. The molecular weight excluding hydrogens is 354 g/mol. The van der Waals surface area contributed by atoms with Gasteiger partial charge in [-0.3, -0.25) is 4.79 Å². The maximum Gasteiger partial charge on any atom is 0.309 e. The minimum absolute atomic E-state index is 0.0593. The third kappa shape index (κ3) is 3.55. The van der Waals surface area contributed by atoms with Crippen LogP contribution in [0.3, 0.4) is 0 Å². The van der Waals surface area contributed by atoms with E-state index >= 15 is 0 Å². The fourth-order valence-electron chi connectivity index (χ4n) is 4.19. The lowest BCUT2D eigenvalue weighted by molar-refractivity contribution is -0.139. The number of phenolic OH excluding ortho intramolecular Hbond substituents is 1. The normalized spacial score (nSPS) is 26.5. The zero-order chi connectivity index (χ0) is 19.6. The third-order valence-electron chi connectivity index (χ3n) is 5.59. The number of nitrogens with one attached hydrogen (secondary N) is 1. The highest BCUT2D eigenvalue weighted by atomic mass is 16.5. The van der Waals surface area contributed by atoms with Gasteiger partial charge in [0.25, 0.3) is 0 Å². The summed E-state index contributed by atoms with van der Waals surface area (Å²) in [5, 5.41) is 14.0. The van der Waals surface area contributed by atoms with E-state index in [1.165, 1.54) is 12.7 Å². The van der Waals surface area contributed by atoms with Gasteiger partial charge in [-0.25, -0.2) is 0 Å². The van der Waals surface area contributed by atoms with Gasteiger partial charge in [0.05, 0.1) is 19.6 Å². The van der Waals surface area contributed by atoms with E-state index < -0.39 is 5.60 Å². The van der Waals surface area contributed by atoms with Crippen molar-refractivity contribution in [2.24, 2.45) is 0 Å². The molecule has 0 saturated carbocycles. The molecule has 2 N–H and O–H groups in total. The first-order valence-electron chi connectivity index (χ1n) is 9.65. The quantitative estimate of drug-likeness (QED) is 0.628. The van der Waals surface area contributed by atoms with Gasteiger partial charge in [0.2, 0.25) is 0 Å². The summed E-state index contributed by atoms with van der Waals surface area (Å²) in [5.74, 6) is -0.142. The number of hydrogen-bond acceptors (Lipinski definition) is 5. The van der Waals surface area contributed by atoms with Crippen LogP contribution in [0.25, 0.3) is 0 Å². The summed E-state index contributed by atoms with van der Waals surface area (Å²) < 4.78 is 11.3. The molecule has 146 valence electrons. The van der Waals surface area contributed by atoms with Crippen LogP contribution in [0.15, 0.2) is 60.7 Å². The summed E-state index contributed by atoms with van der Waals surface area (Å²) in [7, 11) is 1.37. The van der Waals surface area contributed by atoms with Crippen LogP contribution in [0, 0.1) is 0 Å². The Labute approximate surface area is 165 Å². The second-order valence-corrected chi connectivity index (χ2v) is 7.40. The van der Waals surface area contributed by atoms with Gasteiger partial charge >= 0.3 is 5.97 Å². The van der Waals surface area contributed by atoms with Crippen LogP contribution in [0.4, 0.5) is 0 Å². The molecule has 5 nitrogen and oxygen atoms in total. The third-order valence-corrected chi connectivity index (χ3v) is 5.59. The number of aromatic hydroxyl groups is 1. The molecule has 0 radical (unpaired) electrons. The summed E-state index contributed by atoms with van der Waals surface area (Å²) in [6.45, 7) is 0.947. The largest absolute Gasteiger partial charge is 0.508 e. The van der Waals surface area contributed by atoms with E-state index in [9.17, 15) is 9.90 Å². The molecule has 2 aromatic carbocycles. The highest BCUT2D eigenvalue weighted by Crippen LogP contribution is 2.47. The van der Waals surface area contributed by atoms with Crippen molar-refractivity contribution in [1.82, 2.24) is 5.32 Å². The van der Waals surface area contributed by atoms with E-state index in [-0.39, 0.29) is 30.3 Å². The van der Waals surface area contributed by atoms with E-state index in [0.29, 0.717) is 5.56 Å². The van der Waals surface area contributed by atoms with Gasteiger partial charge in [-0.2, -0.15) is 0 Å². The van der Waals surface area contributed by atoms with Crippen LogP contribution in [-0.2, 0) is 20.7 Å². The lowest BCUT2D eigenvalue weighted by Gasteiger charge is -2.41. The van der Waals surface area contributed by atoms with Crippen molar-refractivity contribution in [1.29, 1.82) is 0 Å². The average molecular weight is 379 g/mol. The molecule has 5 heteroatoms. The summed E-state index contributed by atoms with van der Waals surface area (Å²) in [6.07, 6.45) is 5.89. The number of phenols is 1. The molecule has 1 spiro atoms. The maximum absolute atomic E-state index is 11.6. The molecular formula is C23H25NO4. The first-order valence-corrected chi connectivity index (χ1v) is 9.65. The maximum atomic E-state index is 11.6. The minimum atomic E-state index is -0.449. The number of rotatable bonds is 4. The highest BCUT2D eigenvalue weighted by Gasteiger charge is 2.45. The molecule has 2 aliphatic rings. The Morgan fingerprint density at radius 2 is 2.11 bits per heavy atom. The van der Waals surface area contributed by atoms with E-state index in [0.717, 1.165) is 24.9 Å². The Morgan fingerprint density at radius 1 is 1.29 bits per heavy atom. The average Bonchev–Trinajstić information content (AvgIpc) is 3.14. The first kappa shape index (κ1) is 18.7. The van der Waals surface area contributed by atoms with Gasteiger partial charge in [-0.1, -0.05) is 48.6 Å². The molecule has 2 heterocycles. The number of ether oxygens (including phenoxy) is 2. The van der Waals surface area contributed by atoms with E-state index in [1.54, 1.807) is 12.1 Å². The molecule has 4 rings (SSSR count). The van der Waals surface area contributed by atoms with Gasteiger partial charge in [0.1, 0.15) is 17.5 Å². The predicted octanol–water partition coefficient (Wildman–Crippen LogP) is 3.60. The molecule has 0 aromatic heterocycles. The van der Waals surface area contributed by atoms with E-state index in [1.807, 2.05) is 30.3 Å². The highest BCUT2D eigenvalue weighted by molar-refractivity contribution is 5.72. The molecule has 0 aliphatic carbocycles. The van der Waals surface area contributed by atoms with Crippen molar-refractivity contribution in [3.8, 4) is 5.75 Å². The molecule has 0 bridgehead atoms. The number of piperidine rings is 1. The minimum Gasteiger partial charge on any atom is -0.508 e. The molecule has 2 aliphatic heterocycles. The molecule has 1 fully saturated rings. The number of hydrogen-bond donors (Lipinski definition) is 2. The summed E-state index contributed by atoms with van der Waals surface area (Å²) in [6, 6.07) is 15.6. The molecule has 1 unspecified atom stereocenters. The Hall–Kier alpha value is -2.63. The zero-order valence-corrected chi connectivity index (χ0v) is 15.9. The van der Waals surface area contributed by atoms with Crippen molar-refractivity contribution in [3.63, 3.8) is 0 Å². The molecule has 3 atom stereocenters. The number of carbonyl (C=O) groups is 1. The number of methoxy groups -OCH3 is 1. The van der Waals surface area contributed by atoms with Crippen LogP contribution in [0.1, 0.15) is 41.7 Å². The van der Waals surface area contributed by atoms with Gasteiger partial charge in [0, 0.05) is 5.56 Å². The fraction of sp³-hybridized carbons (Fsp3) is 0.348. The fourth-order valence-corrected chi connectivity index (χ4v) is 4.19. The van der Waals surface area contributed by atoms with Crippen molar-refractivity contribution < 1.29 is 19.4 Å². The Morgan fingerprint density at radius 3 is 2.89 bits per heavy atom. The van der Waals surface area contributed by atoms with Crippen LogP contribution < -0.4 is 5.32 Å². The Kier molecular flexibility index (Phi) is 5.20. The second-order valence-electron chi connectivity index (χ2n) is 7.40. The molecule has 28 heavy (non-hydrogen) atoms. The predicted molar refractivity (Wildman–Crippen MR) is 106 cm³/mol. The van der Waals surface area contributed by atoms with Crippen LogP contribution in [0.5, 0.6) is 5.75 Å². The number of carbonyl (C=O) groups excluding carboxylic acids is 1. The second kappa shape index (κ2) is 7.78. The molecule has 1 saturated heterocycles. The van der Waals surface area contributed by atoms with Gasteiger partial charge in [0.15, 0.2) is 0 Å². The zero-order valence-electron chi connectivity index (χ0n) is 15.9. The summed E-state index contributed by atoms with van der Waals surface area (Å²) >= 11 is 0. The van der Waals surface area contributed by atoms with Gasteiger partial charge < -0.3 is 19.9 Å². The van der Waals surface area contributed by atoms with Crippen LogP contribution >= 0.6 is 0 Å². The first-order chi connectivity index (χ1) is 13.6. The van der Waals surface area contributed by atoms with E-state index in [2.05, 4.69) is 23.5 Å². The monoisotopic (exact) mass is 379 g/mol. The smallest absolute Gasteiger partial charge is 0.309 e. The lowest BCUT2D eigenvalue weighted by atomic mass is 9.82. The molecule has 2 aromatic rings. The van der Waals surface area contributed by atoms with Gasteiger partial charge in [-0.05, 0) is 42.6 Å². The Balaban J connectivity index is 1.60. The lowest BCUT2D eigenvalue weighted by Crippen LogP contribution is -2.47. The Bertz CT molecular complexity index is 879. The summed E-state index contributed by atoms with van der Waals surface area (Å²) in [5.41, 5.74) is 2.21. The standard InChI is InChI=1S/C23H25NO4/c1-27-21(26)15-16-8-9-19(25)18(14-16)20-10-12-23(28-20)11-5-13-24-22(23)17-6-3-2-4-7-17/h2-4,6-10,12,14,20,22,24-25H,5,11,13,15H2,1H3/t20?,22-,23+/m0/s1. The van der Waals surface area contributed by atoms with Crippen molar-refractivity contribution in [2.75, 3.05) is 13.7 Å². The SMILES string of the molecule is COC(=O)Cc1ccc(O)c(C2C=C[C@@]3(CCCN[C@H]3c3ccccc3)O2)c1. The topological polar surface area (TPSA) is 67.8 Å². The summed E-state index contributed by atoms with van der Waals surface area (Å²) in [4.78, 5) is 11.6. The van der Waals surface area contributed by atoms with Crippen molar-refractivity contribution >= 4 is 5.97 Å². The van der Waals surface area contributed by atoms with Gasteiger partial charge in [-0.15, -0.1) is 0 Å². The van der Waals surface area contributed by atoms with E-state index in [4.69, 9.17) is 9.47 Å². The van der Waals surface area contributed by atoms with Crippen LogP contribution in [-0.4, -0.2) is 30.3 Å². The number of benzene rings is 2.